The van der Waals surface area contributed by atoms with Crippen LogP contribution >= 0.6 is 0 Å². The number of nitrogens with zero attached hydrogens (tertiary/aromatic N) is 3. The van der Waals surface area contributed by atoms with Crippen molar-refractivity contribution >= 4 is 28.9 Å². The Bertz CT molecular complexity index is 1330. The van der Waals surface area contributed by atoms with Gasteiger partial charge in [0.25, 0.3) is 11.5 Å². The van der Waals surface area contributed by atoms with Gasteiger partial charge >= 0.3 is 5.97 Å². The molecule has 4 N–H and O–H groups in total. The van der Waals surface area contributed by atoms with E-state index in [1.54, 1.807) is 37.4 Å². The summed E-state index contributed by atoms with van der Waals surface area (Å²) in [7, 11) is 0. The lowest BCUT2D eigenvalue weighted by Crippen LogP contribution is -2.44. The van der Waals surface area contributed by atoms with E-state index in [4.69, 9.17) is 0 Å². The van der Waals surface area contributed by atoms with Crippen LogP contribution in [0.3, 0.4) is 0 Å². The van der Waals surface area contributed by atoms with Gasteiger partial charge in [0.15, 0.2) is 11.2 Å². The molecule has 190 valence electrons. The number of benzene rings is 1. The monoisotopic (exact) mass is 494 g/mol. The maximum atomic E-state index is 12.6. The Morgan fingerprint density at radius 3 is 2.42 bits per heavy atom. The first-order valence-electron chi connectivity index (χ1n) is 11.6. The largest absolute Gasteiger partial charge is 0.480 e. The number of fused-ring (bicyclic) bond motifs is 1. The molecule has 0 radical (unpaired) electrons. The van der Waals surface area contributed by atoms with Gasteiger partial charge in [-0.05, 0) is 64.7 Å². The molecule has 0 spiro atoms. The number of hydrogen-bond acceptors (Lipinski definition) is 7. The van der Waals surface area contributed by atoms with Gasteiger partial charge in [0.05, 0.1) is 11.9 Å². The van der Waals surface area contributed by atoms with Crippen LogP contribution in [0.1, 0.15) is 61.1 Å². The van der Waals surface area contributed by atoms with Crippen LogP contribution in [-0.4, -0.2) is 54.4 Å². The highest BCUT2D eigenvalue weighted by molar-refractivity contribution is 5.96. The van der Waals surface area contributed by atoms with Crippen LogP contribution in [0.4, 0.5) is 0 Å². The zero-order valence-corrected chi connectivity index (χ0v) is 20.7. The van der Waals surface area contributed by atoms with Crippen LogP contribution in [0, 0.1) is 6.92 Å². The number of amides is 2. The fourth-order valence-electron chi connectivity index (χ4n) is 3.53. The third-order valence-corrected chi connectivity index (χ3v) is 5.25. The number of aromatic amines is 1. The molecule has 0 unspecified atom stereocenters. The molecule has 2 heterocycles. The fourth-order valence-corrected chi connectivity index (χ4v) is 3.53. The molecule has 2 aromatic heterocycles. The first-order chi connectivity index (χ1) is 16.9. The molecule has 36 heavy (non-hydrogen) atoms. The minimum absolute atomic E-state index is 0.0212. The number of nitrogens with one attached hydrogen (secondary N) is 3. The van der Waals surface area contributed by atoms with Crippen molar-refractivity contribution in [3.63, 3.8) is 0 Å². The van der Waals surface area contributed by atoms with Crippen LogP contribution in [0.2, 0.25) is 0 Å². The predicted octanol–water partition coefficient (Wildman–Crippen LogP) is 1.68. The highest BCUT2D eigenvalue weighted by Gasteiger charge is 2.23. The summed E-state index contributed by atoms with van der Waals surface area (Å²) in [5, 5.41) is 14.7. The van der Waals surface area contributed by atoms with E-state index in [0.717, 1.165) is 5.56 Å². The summed E-state index contributed by atoms with van der Waals surface area (Å²) in [5.74, 6) is -1.55. The smallest absolute Gasteiger partial charge is 0.326 e. The fraction of sp³-hybridized carbons (Fsp3) is 0.400. The normalized spacial score (nSPS) is 12.2. The molecule has 1 aromatic carbocycles. The number of aliphatic carboxylic acids is 1. The third-order valence-electron chi connectivity index (χ3n) is 5.25. The van der Waals surface area contributed by atoms with Gasteiger partial charge in [-0.2, -0.15) is 0 Å². The van der Waals surface area contributed by atoms with Gasteiger partial charge in [0, 0.05) is 17.5 Å². The average molecular weight is 495 g/mol. The Hall–Kier alpha value is -4.15. The zero-order valence-electron chi connectivity index (χ0n) is 20.7. The summed E-state index contributed by atoms with van der Waals surface area (Å²) in [5.41, 5.74) is 1.60. The molecule has 0 fully saturated rings. The van der Waals surface area contributed by atoms with Crippen molar-refractivity contribution in [2.45, 2.75) is 65.0 Å². The number of rotatable bonds is 9. The molecule has 0 aliphatic carbocycles. The Morgan fingerprint density at radius 1 is 1.08 bits per heavy atom. The molecule has 2 amide bonds. The number of aryl methyl sites for hydroxylation is 3. The van der Waals surface area contributed by atoms with Crippen LogP contribution in [0.15, 0.2) is 35.3 Å². The van der Waals surface area contributed by atoms with Crippen LogP contribution in [0.5, 0.6) is 0 Å². The maximum Gasteiger partial charge on any atom is 0.326 e. The highest BCUT2D eigenvalue weighted by atomic mass is 16.4. The molecule has 3 rings (SSSR count). The molecule has 0 saturated carbocycles. The van der Waals surface area contributed by atoms with Gasteiger partial charge < -0.3 is 20.7 Å². The Morgan fingerprint density at radius 2 is 1.78 bits per heavy atom. The van der Waals surface area contributed by atoms with E-state index in [1.807, 2.05) is 20.8 Å². The van der Waals surface area contributed by atoms with E-state index in [-0.39, 0.29) is 29.8 Å². The van der Waals surface area contributed by atoms with Gasteiger partial charge in [-0.3, -0.25) is 14.4 Å². The predicted molar refractivity (Wildman–Crippen MR) is 133 cm³/mol. The summed E-state index contributed by atoms with van der Waals surface area (Å²) in [6.07, 6.45) is 2.67. The minimum atomic E-state index is -1.20. The number of carbonyl (C=O) groups excluding carboxylic acids is 2. The van der Waals surface area contributed by atoms with E-state index in [9.17, 15) is 24.3 Å². The standard InChI is InChI=1S/C25H30N6O5/c1-14-27-21-20(23(34)28-14)29-17(13-26-21)10-7-15-5-8-16(9-6-15)22(33)30-18(24(35)36)11-12-19(32)31-25(2,3)4/h5-6,8-9,13,18H,7,10-12H2,1-4H3,(H,30,33)(H,31,32)(H,35,36)(H,26,27,28,34)/t18-/m0/s1. The second kappa shape index (κ2) is 11.1. The topological polar surface area (TPSA) is 167 Å². The second-order valence-electron chi connectivity index (χ2n) is 9.58. The molecule has 0 aliphatic rings. The quantitative estimate of drug-likeness (QED) is 0.348. The molecule has 1 atom stereocenters. The number of hydrogen-bond donors (Lipinski definition) is 4. The van der Waals surface area contributed by atoms with Crippen LogP contribution < -0.4 is 16.2 Å². The number of carbonyl (C=O) groups is 3. The Balaban J connectivity index is 1.57. The first kappa shape index (κ1) is 26.5. The van der Waals surface area contributed by atoms with Crippen LogP contribution in [0.25, 0.3) is 11.2 Å². The molecule has 0 bridgehead atoms. The molecular weight excluding hydrogens is 464 g/mol. The molecule has 11 nitrogen and oxygen atoms in total. The SMILES string of the molecule is Cc1nc2ncc(CCc3ccc(C(=O)N[C@@H](CCC(=O)NC(C)(C)C)C(=O)O)cc3)nc2c(=O)[nH]1. The van der Waals surface area contributed by atoms with E-state index >= 15 is 0 Å². The Kier molecular flexibility index (Phi) is 8.13. The number of carboxylic acids is 1. The van der Waals surface area contributed by atoms with E-state index in [2.05, 4.69) is 30.6 Å². The summed E-state index contributed by atoms with van der Waals surface area (Å²) in [4.78, 5) is 63.6. The summed E-state index contributed by atoms with van der Waals surface area (Å²) in [6.45, 7) is 7.17. The van der Waals surface area contributed by atoms with Crippen molar-refractivity contribution in [2.24, 2.45) is 0 Å². The first-order valence-corrected chi connectivity index (χ1v) is 11.6. The van der Waals surface area contributed by atoms with Gasteiger partial charge in [-0.15, -0.1) is 0 Å². The van der Waals surface area contributed by atoms with Gasteiger partial charge in [-0.25, -0.2) is 19.7 Å². The Labute approximate surface area is 207 Å². The van der Waals surface area contributed by atoms with Gasteiger partial charge in [0.1, 0.15) is 11.9 Å². The van der Waals surface area contributed by atoms with Crippen molar-refractivity contribution in [3.8, 4) is 0 Å². The van der Waals surface area contributed by atoms with E-state index in [0.29, 0.717) is 35.6 Å². The summed E-state index contributed by atoms with van der Waals surface area (Å²) >= 11 is 0. The molecule has 0 saturated heterocycles. The highest BCUT2D eigenvalue weighted by Crippen LogP contribution is 2.11. The number of H-pyrrole nitrogens is 1. The summed E-state index contributed by atoms with van der Waals surface area (Å²) in [6, 6.07) is 5.58. The second-order valence-corrected chi connectivity index (χ2v) is 9.58. The minimum Gasteiger partial charge on any atom is -0.480 e. The van der Waals surface area contributed by atoms with Gasteiger partial charge in [-0.1, -0.05) is 12.1 Å². The van der Waals surface area contributed by atoms with E-state index in [1.165, 1.54) is 0 Å². The zero-order chi connectivity index (χ0) is 26.5. The van der Waals surface area contributed by atoms with Crippen molar-refractivity contribution in [2.75, 3.05) is 0 Å². The molecule has 3 aromatic rings. The lowest BCUT2D eigenvalue weighted by molar-refractivity contribution is -0.139. The maximum absolute atomic E-state index is 12.6. The van der Waals surface area contributed by atoms with Gasteiger partial charge in [0.2, 0.25) is 5.91 Å². The van der Waals surface area contributed by atoms with Crippen molar-refractivity contribution in [1.29, 1.82) is 0 Å². The molecule has 0 aliphatic heterocycles. The summed E-state index contributed by atoms with van der Waals surface area (Å²) < 4.78 is 0. The lowest BCUT2D eigenvalue weighted by Gasteiger charge is -2.21. The lowest BCUT2D eigenvalue weighted by atomic mass is 10.0. The number of carboxylic acid groups (broad SMARTS) is 1. The average Bonchev–Trinajstić information content (AvgIpc) is 2.79. The third kappa shape index (κ3) is 7.42. The number of aromatic nitrogens is 4. The van der Waals surface area contributed by atoms with Crippen molar-refractivity contribution in [3.05, 3.63) is 63.5 Å². The molecule has 11 heteroatoms. The van der Waals surface area contributed by atoms with Crippen molar-refractivity contribution in [1.82, 2.24) is 30.6 Å². The molecular formula is C25H30N6O5. The van der Waals surface area contributed by atoms with Crippen LogP contribution in [-0.2, 0) is 22.4 Å². The van der Waals surface area contributed by atoms with Crippen molar-refractivity contribution < 1.29 is 19.5 Å². The van der Waals surface area contributed by atoms with E-state index < -0.39 is 23.5 Å².